The highest BCUT2D eigenvalue weighted by atomic mass is 19.4. The molecule has 7 heteroatoms. The highest BCUT2D eigenvalue weighted by Gasteiger charge is 2.67. The number of halogens is 3. The van der Waals surface area contributed by atoms with Gasteiger partial charge in [0.1, 0.15) is 5.41 Å². The summed E-state index contributed by atoms with van der Waals surface area (Å²) in [6, 6.07) is 0. The quantitative estimate of drug-likeness (QED) is 0.698. The molecule has 0 aromatic carbocycles. The lowest BCUT2D eigenvalue weighted by Gasteiger charge is -2.44. The molecule has 0 spiro atoms. The van der Waals surface area contributed by atoms with Gasteiger partial charge < -0.3 is 15.9 Å². The van der Waals surface area contributed by atoms with E-state index in [9.17, 15) is 23.1 Å². The van der Waals surface area contributed by atoms with Crippen LogP contribution in [0.3, 0.4) is 0 Å². The summed E-state index contributed by atoms with van der Waals surface area (Å²) in [5.41, 5.74) is -0.626. The summed E-state index contributed by atoms with van der Waals surface area (Å²) >= 11 is 0. The number of allylic oxidation sites excluding steroid dienone is 3. The molecule has 0 aromatic rings. The van der Waals surface area contributed by atoms with Gasteiger partial charge in [0.25, 0.3) is 0 Å². The van der Waals surface area contributed by atoms with Crippen LogP contribution >= 0.6 is 0 Å². The molecule has 0 aliphatic heterocycles. The van der Waals surface area contributed by atoms with Crippen molar-refractivity contribution in [3.05, 3.63) is 24.3 Å². The van der Waals surface area contributed by atoms with Crippen molar-refractivity contribution >= 4 is 5.91 Å². The standard InChI is InChI=1S/C11H14F3NO3/c12-11(13,14)10(18,6-7-16)9(8(15)17)4-2-1-3-5-9/h1-4,16,18H,5-7H2,(H2,15,17). The Morgan fingerprint density at radius 1 is 1.39 bits per heavy atom. The molecule has 1 aliphatic rings. The van der Waals surface area contributed by atoms with E-state index < -0.39 is 36.1 Å². The Morgan fingerprint density at radius 3 is 2.33 bits per heavy atom. The number of carbonyl (C=O) groups excluding carboxylic acids is 1. The number of aliphatic hydroxyl groups is 2. The molecule has 1 amide bonds. The van der Waals surface area contributed by atoms with Crippen molar-refractivity contribution in [2.24, 2.45) is 11.1 Å². The molecule has 4 N–H and O–H groups in total. The molecule has 2 atom stereocenters. The maximum absolute atomic E-state index is 13.1. The van der Waals surface area contributed by atoms with Gasteiger partial charge in [-0.2, -0.15) is 13.2 Å². The first-order chi connectivity index (χ1) is 8.21. The molecule has 0 bridgehead atoms. The van der Waals surface area contributed by atoms with Gasteiger partial charge in [0.15, 0.2) is 5.60 Å². The number of rotatable bonds is 4. The van der Waals surface area contributed by atoms with Crippen LogP contribution in [0.15, 0.2) is 24.3 Å². The van der Waals surface area contributed by atoms with E-state index in [0.717, 1.165) is 6.08 Å². The van der Waals surface area contributed by atoms with Gasteiger partial charge >= 0.3 is 6.18 Å². The molecule has 0 saturated heterocycles. The Kier molecular flexibility index (Phi) is 3.87. The minimum atomic E-state index is -5.08. The summed E-state index contributed by atoms with van der Waals surface area (Å²) in [7, 11) is 0. The van der Waals surface area contributed by atoms with E-state index in [1.807, 2.05) is 0 Å². The fourth-order valence-corrected chi connectivity index (χ4v) is 2.09. The fraction of sp³-hybridized carbons (Fsp3) is 0.545. The predicted molar refractivity (Wildman–Crippen MR) is 57.2 cm³/mol. The fourth-order valence-electron chi connectivity index (χ4n) is 2.09. The lowest BCUT2D eigenvalue weighted by Crippen LogP contribution is -2.63. The summed E-state index contributed by atoms with van der Waals surface area (Å²) in [5.74, 6) is -1.28. The first-order valence-electron chi connectivity index (χ1n) is 5.25. The van der Waals surface area contributed by atoms with Crippen LogP contribution in [0.2, 0.25) is 0 Å². The summed E-state index contributed by atoms with van der Waals surface area (Å²) in [6.45, 7) is -0.914. The van der Waals surface area contributed by atoms with Crippen LogP contribution in [0.5, 0.6) is 0 Å². The van der Waals surface area contributed by atoms with E-state index in [1.54, 1.807) is 0 Å². The van der Waals surface area contributed by atoms with Gasteiger partial charge in [-0.3, -0.25) is 4.79 Å². The lowest BCUT2D eigenvalue weighted by atomic mass is 9.65. The second kappa shape index (κ2) is 4.74. The lowest BCUT2D eigenvalue weighted by molar-refractivity contribution is -0.293. The van der Waals surface area contributed by atoms with Crippen LogP contribution in [0, 0.1) is 5.41 Å². The van der Waals surface area contributed by atoms with Crippen LogP contribution in [0.1, 0.15) is 12.8 Å². The summed E-state index contributed by atoms with van der Waals surface area (Å²) in [4.78, 5) is 11.4. The predicted octanol–water partition coefficient (Wildman–Crippen LogP) is 0.650. The Hall–Kier alpha value is -1.34. The molecule has 0 aromatic heterocycles. The third-order valence-corrected chi connectivity index (χ3v) is 3.19. The van der Waals surface area contributed by atoms with Gasteiger partial charge in [0.2, 0.25) is 5.91 Å². The molecule has 4 nitrogen and oxygen atoms in total. The van der Waals surface area contributed by atoms with Crippen molar-refractivity contribution in [3.63, 3.8) is 0 Å². The van der Waals surface area contributed by atoms with Crippen molar-refractivity contribution in [1.29, 1.82) is 0 Å². The van der Waals surface area contributed by atoms with Crippen molar-refractivity contribution in [2.75, 3.05) is 6.61 Å². The van der Waals surface area contributed by atoms with E-state index in [2.05, 4.69) is 0 Å². The average molecular weight is 265 g/mol. The summed E-state index contributed by atoms with van der Waals surface area (Å²) in [5, 5.41) is 18.7. The minimum absolute atomic E-state index is 0.366. The number of hydrogen-bond donors (Lipinski definition) is 3. The van der Waals surface area contributed by atoms with E-state index in [0.29, 0.717) is 0 Å². The summed E-state index contributed by atoms with van der Waals surface area (Å²) < 4.78 is 39.2. The van der Waals surface area contributed by atoms with Crippen molar-refractivity contribution in [1.82, 2.24) is 0 Å². The third kappa shape index (κ3) is 2.04. The third-order valence-electron chi connectivity index (χ3n) is 3.19. The second-order valence-corrected chi connectivity index (χ2v) is 4.16. The van der Waals surface area contributed by atoms with Crippen LogP contribution in [0.25, 0.3) is 0 Å². The average Bonchev–Trinajstić information content (AvgIpc) is 2.28. The maximum atomic E-state index is 13.1. The number of primary amides is 1. The van der Waals surface area contributed by atoms with Gasteiger partial charge in [-0.15, -0.1) is 0 Å². The molecule has 0 radical (unpaired) electrons. The molecular weight excluding hydrogens is 251 g/mol. The molecule has 0 heterocycles. The van der Waals surface area contributed by atoms with Gasteiger partial charge in [-0.05, 0) is 6.42 Å². The van der Waals surface area contributed by atoms with Crippen LogP contribution < -0.4 is 5.73 Å². The van der Waals surface area contributed by atoms with Gasteiger partial charge in [0, 0.05) is 13.0 Å². The Bertz CT molecular complexity index is 391. The first kappa shape index (κ1) is 14.7. The molecule has 2 unspecified atom stereocenters. The largest absolute Gasteiger partial charge is 0.418 e. The number of carbonyl (C=O) groups is 1. The number of amides is 1. The van der Waals surface area contributed by atoms with E-state index in [-0.39, 0.29) is 6.42 Å². The van der Waals surface area contributed by atoms with Crippen molar-refractivity contribution < 1.29 is 28.2 Å². The number of hydrogen-bond acceptors (Lipinski definition) is 3. The highest BCUT2D eigenvalue weighted by molar-refractivity contribution is 5.85. The molecule has 0 saturated carbocycles. The Balaban J connectivity index is 3.37. The van der Waals surface area contributed by atoms with Gasteiger partial charge in [-0.1, -0.05) is 24.3 Å². The first-order valence-corrected chi connectivity index (χ1v) is 5.25. The number of nitrogens with two attached hydrogens (primary N) is 1. The molecular formula is C11H14F3NO3. The van der Waals surface area contributed by atoms with Crippen LogP contribution in [0.4, 0.5) is 13.2 Å². The molecule has 102 valence electrons. The normalized spacial score (nSPS) is 26.9. The zero-order chi connectivity index (χ0) is 14.0. The molecule has 1 aliphatic carbocycles. The molecule has 1 rings (SSSR count). The van der Waals surface area contributed by atoms with Gasteiger partial charge in [0.05, 0.1) is 0 Å². The smallest absolute Gasteiger partial charge is 0.396 e. The Morgan fingerprint density at radius 2 is 2.00 bits per heavy atom. The maximum Gasteiger partial charge on any atom is 0.418 e. The highest BCUT2D eigenvalue weighted by Crippen LogP contribution is 2.50. The monoisotopic (exact) mass is 265 g/mol. The Labute approximate surface area is 102 Å². The van der Waals surface area contributed by atoms with Gasteiger partial charge in [-0.25, -0.2) is 0 Å². The molecule has 0 fully saturated rings. The van der Waals surface area contributed by atoms with E-state index >= 15 is 0 Å². The summed E-state index contributed by atoms with van der Waals surface area (Å²) in [6.07, 6.45) is -1.52. The van der Waals surface area contributed by atoms with E-state index in [1.165, 1.54) is 18.2 Å². The minimum Gasteiger partial charge on any atom is -0.396 e. The van der Waals surface area contributed by atoms with Crippen LogP contribution in [-0.2, 0) is 4.79 Å². The van der Waals surface area contributed by atoms with Crippen molar-refractivity contribution in [3.8, 4) is 0 Å². The SMILES string of the molecule is NC(=O)C1(C(O)(CCO)C(F)(F)F)C=CC=CC1. The topological polar surface area (TPSA) is 83.6 Å². The zero-order valence-electron chi connectivity index (χ0n) is 9.44. The van der Waals surface area contributed by atoms with Crippen molar-refractivity contribution in [2.45, 2.75) is 24.6 Å². The number of alkyl halides is 3. The molecule has 18 heavy (non-hydrogen) atoms. The second-order valence-electron chi connectivity index (χ2n) is 4.16. The van der Waals surface area contributed by atoms with Crippen LogP contribution in [-0.4, -0.2) is 34.5 Å². The zero-order valence-corrected chi connectivity index (χ0v) is 9.44. The number of aliphatic hydroxyl groups excluding tert-OH is 1. The van der Waals surface area contributed by atoms with E-state index in [4.69, 9.17) is 10.8 Å².